The first kappa shape index (κ1) is 28.7. The Morgan fingerprint density at radius 2 is 1.55 bits per heavy atom. The molecule has 0 aliphatic rings. The molecule has 1 aromatic carbocycles. The van der Waals surface area contributed by atoms with E-state index >= 15 is 0 Å². The van der Waals surface area contributed by atoms with Crippen molar-refractivity contribution in [3.63, 3.8) is 0 Å². The van der Waals surface area contributed by atoms with Gasteiger partial charge in [0, 0.05) is 19.2 Å². The number of nitrogens with one attached hydrogen (secondary N) is 1. The predicted octanol–water partition coefficient (Wildman–Crippen LogP) is 7.08. The number of unbranched alkanes of at least 4 members (excludes halogenated alkanes) is 4. The molecule has 9 heteroatoms. The molecule has 1 amide bonds. The molecule has 0 fully saturated rings. The van der Waals surface area contributed by atoms with Crippen LogP contribution in [0.3, 0.4) is 0 Å². The van der Waals surface area contributed by atoms with Crippen LogP contribution in [0.4, 0.5) is 26.3 Å². The van der Waals surface area contributed by atoms with E-state index in [1.165, 1.54) is 6.08 Å². The van der Waals surface area contributed by atoms with Gasteiger partial charge in [0.25, 0.3) is 0 Å². The minimum atomic E-state index is -4.86. The lowest BCUT2D eigenvalue weighted by Crippen LogP contribution is -2.25. The van der Waals surface area contributed by atoms with Crippen molar-refractivity contribution in [1.82, 2.24) is 5.32 Å². The zero-order valence-electron chi connectivity index (χ0n) is 18.9. The van der Waals surface area contributed by atoms with Crippen molar-refractivity contribution in [3.8, 4) is 0 Å². The number of carbonyl (C=O) groups excluding carboxylic acids is 1. The monoisotopic (exact) mass is 479 g/mol. The third kappa shape index (κ3) is 13.1. The van der Waals surface area contributed by atoms with Gasteiger partial charge in [-0.3, -0.25) is 4.79 Å². The number of alkyl halides is 6. The minimum absolute atomic E-state index is 0.107. The highest BCUT2D eigenvalue weighted by Gasteiger charge is 2.36. The van der Waals surface area contributed by atoms with Crippen molar-refractivity contribution < 1.29 is 35.9 Å². The van der Waals surface area contributed by atoms with Gasteiger partial charge in [0.15, 0.2) is 0 Å². The molecule has 0 saturated heterocycles. The van der Waals surface area contributed by atoms with Gasteiger partial charge in [0.05, 0.1) is 17.7 Å². The van der Waals surface area contributed by atoms with Crippen molar-refractivity contribution in [3.05, 3.63) is 59.2 Å². The fourth-order valence-electron chi connectivity index (χ4n) is 2.79. The molecular weight excluding hydrogens is 448 g/mol. The highest BCUT2D eigenvalue weighted by atomic mass is 19.4. The number of hydrogen-bond donors (Lipinski definition) is 1. The van der Waals surface area contributed by atoms with Crippen LogP contribution in [0.25, 0.3) is 0 Å². The van der Waals surface area contributed by atoms with Crippen molar-refractivity contribution in [2.75, 3.05) is 13.2 Å². The maximum atomic E-state index is 12.9. The predicted molar refractivity (Wildman–Crippen MR) is 115 cm³/mol. The summed E-state index contributed by atoms with van der Waals surface area (Å²) in [5.41, 5.74) is -2.83. The molecule has 186 valence electrons. The molecule has 0 heterocycles. The Bertz CT molecular complexity index is 750. The van der Waals surface area contributed by atoms with Gasteiger partial charge in [-0.15, -0.1) is 0 Å². The maximum Gasteiger partial charge on any atom is 0.416 e. The van der Waals surface area contributed by atoms with Crippen LogP contribution in [-0.2, 0) is 28.5 Å². The van der Waals surface area contributed by atoms with Crippen LogP contribution in [0.1, 0.15) is 62.6 Å². The lowest BCUT2D eigenvalue weighted by Gasteiger charge is -2.14. The van der Waals surface area contributed by atoms with Crippen LogP contribution >= 0.6 is 0 Å². The molecule has 0 saturated carbocycles. The Hall–Kier alpha value is -2.29. The maximum absolute atomic E-state index is 12.9. The zero-order chi connectivity index (χ0) is 24.9. The number of carbonyl (C=O) groups is 1. The molecule has 0 unspecified atom stereocenters. The van der Waals surface area contributed by atoms with Crippen molar-refractivity contribution in [2.24, 2.45) is 5.92 Å². The number of rotatable bonds is 13. The van der Waals surface area contributed by atoms with Gasteiger partial charge in [-0.2, -0.15) is 26.3 Å². The fraction of sp³-hybridized carbons (Fsp3) is 0.542. The van der Waals surface area contributed by atoms with Crippen LogP contribution < -0.4 is 5.32 Å². The third-order valence-electron chi connectivity index (χ3n) is 4.50. The van der Waals surface area contributed by atoms with Crippen LogP contribution in [0, 0.1) is 5.92 Å². The second-order valence-corrected chi connectivity index (χ2v) is 8.10. The van der Waals surface area contributed by atoms with Gasteiger partial charge < -0.3 is 10.1 Å². The lowest BCUT2D eigenvalue weighted by atomic mass is 10.1. The van der Waals surface area contributed by atoms with Crippen molar-refractivity contribution in [1.29, 1.82) is 0 Å². The van der Waals surface area contributed by atoms with Gasteiger partial charge in [0.2, 0.25) is 5.91 Å². The Morgan fingerprint density at radius 3 is 2.12 bits per heavy atom. The second kappa shape index (κ2) is 14.1. The van der Waals surface area contributed by atoms with E-state index in [1.54, 1.807) is 6.08 Å². The van der Waals surface area contributed by atoms with E-state index in [1.807, 2.05) is 26.0 Å². The number of halogens is 6. The van der Waals surface area contributed by atoms with E-state index in [-0.39, 0.29) is 30.8 Å². The average molecular weight is 480 g/mol. The molecule has 0 bridgehead atoms. The van der Waals surface area contributed by atoms with Crippen molar-refractivity contribution in [2.45, 2.75) is 64.9 Å². The second-order valence-electron chi connectivity index (χ2n) is 8.10. The fourth-order valence-corrected chi connectivity index (χ4v) is 2.79. The van der Waals surface area contributed by atoms with Crippen LogP contribution in [0.15, 0.2) is 42.5 Å². The highest BCUT2D eigenvalue weighted by molar-refractivity contribution is 5.87. The summed E-state index contributed by atoms with van der Waals surface area (Å²) < 4.78 is 82.4. The molecule has 0 aliphatic carbocycles. The summed E-state index contributed by atoms with van der Waals surface area (Å²) in [4.78, 5) is 11.5. The first-order valence-corrected chi connectivity index (χ1v) is 10.9. The van der Waals surface area contributed by atoms with Gasteiger partial charge in [-0.25, -0.2) is 0 Å². The number of amides is 1. The molecule has 0 aliphatic heterocycles. The molecule has 0 radical (unpaired) electrons. The molecule has 0 atom stereocenters. The number of hydrogen-bond acceptors (Lipinski definition) is 2. The Kier molecular flexibility index (Phi) is 12.3. The molecule has 1 aromatic rings. The molecule has 0 spiro atoms. The average Bonchev–Trinajstić information content (AvgIpc) is 2.71. The normalized spacial score (nSPS) is 12.9. The molecule has 0 aromatic heterocycles. The summed E-state index contributed by atoms with van der Waals surface area (Å²) in [5.74, 6) is 0.263. The van der Waals surface area contributed by atoms with E-state index in [2.05, 4.69) is 5.32 Å². The topological polar surface area (TPSA) is 38.3 Å². The van der Waals surface area contributed by atoms with Crippen LogP contribution in [0.2, 0.25) is 0 Å². The Balaban J connectivity index is 2.25. The molecular formula is C24H31F6NO2. The standard InChI is InChI=1S/C24H31F6NO2/c1-18(2)16-31-22(32)11-9-7-5-3-4-6-8-10-12-33-17-19-13-20(23(25,26)27)15-21(14-19)24(28,29)30/h5,7,9,11,13-15,18H,3-4,6,8,10,12,16-17H2,1-2H3,(H,31,32)/b7-5+,11-9+. The lowest BCUT2D eigenvalue weighted by molar-refractivity contribution is -0.143. The van der Waals surface area contributed by atoms with E-state index in [0.717, 1.165) is 25.7 Å². The van der Waals surface area contributed by atoms with Gasteiger partial charge >= 0.3 is 12.4 Å². The van der Waals surface area contributed by atoms with E-state index in [0.29, 0.717) is 31.0 Å². The smallest absolute Gasteiger partial charge is 0.377 e. The summed E-state index contributed by atoms with van der Waals surface area (Å²) in [6, 6.07) is 1.48. The van der Waals surface area contributed by atoms with Crippen molar-refractivity contribution >= 4 is 5.91 Å². The highest BCUT2D eigenvalue weighted by Crippen LogP contribution is 2.36. The molecule has 1 N–H and O–H groups in total. The van der Waals surface area contributed by atoms with E-state index < -0.39 is 23.5 Å². The van der Waals surface area contributed by atoms with Gasteiger partial charge in [0.1, 0.15) is 0 Å². The molecule has 1 rings (SSSR count). The largest absolute Gasteiger partial charge is 0.416 e. The minimum Gasteiger partial charge on any atom is -0.377 e. The molecule has 3 nitrogen and oxygen atoms in total. The first-order valence-electron chi connectivity index (χ1n) is 10.9. The summed E-state index contributed by atoms with van der Waals surface area (Å²) in [7, 11) is 0. The number of benzene rings is 1. The quantitative estimate of drug-likeness (QED) is 0.142. The van der Waals surface area contributed by atoms with Gasteiger partial charge in [-0.1, -0.05) is 44.9 Å². The molecule has 33 heavy (non-hydrogen) atoms. The Labute approximate surface area is 190 Å². The summed E-state index contributed by atoms with van der Waals surface area (Å²) in [6.45, 7) is 4.60. The number of allylic oxidation sites excluding steroid dienone is 3. The number of ether oxygens (including phenoxy) is 1. The van der Waals surface area contributed by atoms with E-state index in [9.17, 15) is 31.1 Å². The Morgan fingerprint density at radius 1 is 0.939 bits per heavy atom. The van der Waals surface area contributed by atoms with E-state index in [4.69, 9.17) is 4.74 Å². The van der Waals surface area contributed by atoms with Crippen LogP contribution in [0.5, 0.6) is 0 Å². The summed E-state index contributed by atoms with van der Waals surface area (Å²) >= 11 is 0. The SMILES string of the molecule is CC(C)CNC(=O)/C=C/C=C/CCCCCCOCc1cc(C(F)(F)F)cc(C(F)(F)F)c1. The summed E-state index contributed by atoms with van der Waals surface area (Å²) in [5, 5.41) is 2.78. The van der Waals surface area contributed by atoms with Gasteiger partial charge in [-0.05, 0) is 48.9 Å². The first-order chi connectivity index (χ1) is 15.4. The summed E-state index contributed by atoms with van der Waals surface area (Å²) in [6.07, 6.45) is 1.35. The third-order valence-corrected chi connectivity index (χ3v) is 4.50. The zero-order valence-corrected chi connectivity index (χ0v) is 18.9. The van der Waals surface area contributed by atoms with Crippen LogP contribution in [-0.4, -0.2) is 19.1 Å².